The number of nitrogens with zero attached hydrogens (tertiary/aromatic N) is 3. The largest absolute Gasteiger partial charge is 0.370 e. The topological polar surface area (TPSA) is 127 Å². The highest BCUT2D eigenvalue weighted by atomic mass is 16.1. The first-order valence-electron chi connectivity index (χ1n) is 8.92. The first-order valence-corrected chi connectivity index (χ1v) is 8.92. The Morgan fingerprint density at radius 2 is 2.07 bits per heavy atom. The highest BCUT2D eigenvalue weighted by Crippen LogP contribution is 2.17. The van der Waals surface area contributed by atoms with Gasteiger partial charge in [-0.25, -0.2) is 4.79 Å². The van der Waals surface area contributed by atoms with E-state index < -0.39 is 0 Å². The van der Waals surface area contributed by atoms with E-state index in [4.69, 9.17) is 11.5 Å². The lowest BCUT2D eigenvalue weighted by molar-refractivity contribution is 0.562. The highest BCUT2D eigenvalue weighted by Gasteiger charge is 2.08. The van der Waals surface area contributed by atoms with Crippen LogP contribution in [0.15, 0.2) is 46.3 Å². The van der Waals surface area contributed by atoms with Crippen molar-refractivity contribution in [3.63, 3.8) is 0 Å². The Morgan fingerprint density at radius 1 is 1.33 bits per heavy atom. The molecule has 1 atom stereocenters. The summed E-state index contributed by atoms with van der Waals surface area (Å²) >= 11 is 0. The molecule has 0 bridgehead atoms. The van der Waals surface area contributed by atoms with Crippen LogP contribution in [0.4, 0.5) is 0 Å². The van der Waals surface area contributed by atoms with Crippen molar-refractivity contribution in [3.8, 4) is 5.69 Å². The zero-order valence-electron chi connectivity index (χ0n) is 15.6. The van der Waals surface area contributed by atoms with Gasteiger partial charge in [0.2, 0.25) is 0 Å². The molecule has 2 heterocycles. The summed E-state index contributed by atoms with van der Waals surface area (Å²) in [5.41, 5.74) is 13.8. The van der Waals surface area contributed by atoms with Gasteiger partial charge >= 0.3 is 5.69 Å². The van der Waals surface area contributed by atoms with E-state index >= 15 is 0 Å². The number of hydrogen-bond donors (Lipinski definition) is 4. The normalized spacial score (nSPS) is 12.2. The number of benzene rings is 1. The van der Waals surface area contributed by atoms with Gasteiger partial charge in [0.15, 0.2) is 5.96 Å². The third-order valence-electron chi connectivity index (χ3n) is 4.39. The second-order valence-electron chi connectivity index (χ2n) is 6.58. The van der Waals surface area contributed by atoms with Gasteiger partial charge < -0.3 is 21.8 Å². The van der Waals surface area contributed by atoms with Crippen LogP contribution in [0.1, 0.15) is 30.6 Å². The van der Waals surface area contributed by atoms with Crippen LogP contribution in [0, 0.1) is 6.92 Å². The van der Waals surface area contributed by atoms with E-state index in [1.807, 2.05) is 43.5 Å². The van der Waals surface area contributed by atoms with Gasteiger partial charge in [-0.15, -0.1) is 0 Å². The summed E-state index contributed by atoms with van der Waals surface area (Å²) < 4.78 is 1.56. The number of aliphatic imine (C=N–C) groups is 1. The van der Waals surface area contributed by atoms with Gasteiger partial charge in [-0.1, -0.05) is 12.1 Å². The summed E-state index contributed by atoms with van der Waals surface area (Å²) in [5.74, 6) is 0.122. The molecule has 2 aromatic heterocycles. The quantitative estimate of drug-likeness (QED) is 0.285. The van der Waals surface area contributed by atoms with Crippen LogP contribution in [0.5, 0.6) is 0 Å². The van der Waals surface area contributed by atoms with E-state index in [-0.39, 0.29) is 17.7 Å². The lowest BCUT2D eigenvalue weighted by Gasteiger charge is -2.15. The summed E-state index contributed by atoms with van der Waals surface area (Å²) in [6.07, 6.45) is 2.67. The number of H-pyrrole nitrogens is 1. The summed E-state index contributed by atoms with van der Waals surface area (Å²) in [4.78, 5) is 23.5. The molecule has 3 rings (SSSR count). The van der Waals surface area contributed by atoms with Crippen LogP contribution in [-0.4, -0.2) is 33.6 Å². The highest BCUT2D eigenvalue weighted by molar-refractivity contribution is 5.76. The number of aromatic nitrogens is 3. The molecule has 0 amide bonds. The van der Waals surface area contributed by atoms with E-state index in [0.29, 0.717) is 12.2 Å². The minimum absolute atomic E-state index is 0.122. The smallest absolute Gasteiger partial charge is 0.354 e. The Morgan fingerprint density at radius 3 is 2.78 bits per heavy atom. The third-order valence-corrected chi connectivity index (χ3v) is 4.39. The van der Waals surface area contributed by atoms with Crippen LogP contribution >= 0.6 is 0 Å². The number of nitrogens with two attached hydrogens (primary N) is 2. The van der Waals surface area contributed by atoms with Gasteiger partial charge in [-0.2, -0.15) is 4.98 Å². The van der Waals surface area contributed by atoms with E-state index in [1.165, 1.54) is 0 Å². The van der Waals surface area contributed by atoms with Crippen molar-refractivity contribution in [3.05, 3.63) is 58.3 Å². The Kier molecular flexibility index (Phi) is 5.56. The minimum Gasteiger partial charge on any atom is -0.370 e. The van der Waals surface area contributed by atoms with E-state index in [9.17, 15) is 4.79 Å². The average Bonchev–Trinajstić information content (AvgIpc) is 2.99. The molecule has 0 radical (unpaired) electrons. The van der Waals surface area contributed by atoms with Gasteiger partial charge in [0.1, 0.15) is 5.65 Å². The molecule has 1 aromatic carbocycles. The second kappa shape index (κ2) is 8.05. The van der Waals surface area contributed by atoms with Crippen molar-refractivity contribution in [2.45, 2.75) is 26.3 Å². The fourth-order valence-electron chi connectivity index (χ4n) is 2.96. The van der Waals surface area contributed by atoms with Crippen molar-refractivity contribution in [1.82, 2.24) is 19.9 Å². The molecule has 6 N–H and O–H groups in total. The molecule has 0 spiro atoms. The second-order valence-corrected chi connectivity index (χ2v) is 6.58. The zero-order chi connectivity index (χ0) is 19.4. The van der Waals surface area contributed by atoms with Crippen molar-refractivity contribution in [1.29, 1.82) is 0 Å². The molecule has 8 heteroatoms. The van der Waals surface area contributed by atoms with Gasteiger partial charge in [0.25, 0.3) is 0 Å². The molecule has 1 unspecified atom stereocenters. The number of rotatable bonds is 7. The van der Waals surface area contributed by atoms with Gasteiger partial charge in [-0.05, 0) is 50.6 Å². The van der Waals surface area contributed by atoms with Gasteiger partial charge in [0, 0.05) is 29.9 Å². The first-order chi connectivity index (χ1) is 12.9. The average molecular weight is 367 g/mol. The molecule has 3 aromatic rings. The fourth-order valence-corrected chi connectivity index (χ4v) is 2.96. The van der Waals surface area contributed by atoms with E-state index in [2.05, 4.69) is 27.2 Å². The van der Waals surface area contributed by atoms with Crippen molar-refractivity contribution < 1.29 is 0 Å². The minimum atomic E-state index is -0.303. The SMILES string of the molecule is Cc1cc2cn(-c3ccc(C(C)NCCCN=C(N)N)cc3)c(=O)nc2[nH]1. The molecule has 0 aliphatic heterocycles. The fraction of sp³-hybridized carbons (Fsp3) is 0.316. The molecule has 0 saturated heterocycles. The molecule has 0 saturated carbocycles. The monoisotopic (exact) mass is 367 g/mol. The predicted octanol–water partition coefficient (Wildman–Crippen LogP) is 1.34. The molecule has 27 heavy (non-hydrogen) atoms. The summed E-state index contributed by atoms with van der Waals surface area (Å²) in [7, 11) is 0. The molecule has 142 valence electrons. The van der Waals surface area contributed by atoms with Crippen LogP contribution in [0.2, 0.25) is 0 Å². The van der Waals surface area contributed by atoms with Crippen LogP contribution in [0.25, 0.3) is 16.7 Å². The number of hydrogen-bond acceptors (Lipinski definition) is 4. The van der Waals surface area contributed by atoms with Crippen LogP contribution in [0.3, 0.4) is 0 Å². The number of fused-ring (bicyclic) bond motifs is 1. The molecule has 0 aliphatic rings. The van der Waals surface area contributed by atoms with Crippen LogP contribution in [-0.2, 0) is 0 Å². The summed E-state index contributed by atoms with van der Waals surface area (Å²) in [5, 5.41) is 4.34. The van der Waals surface area contributed by atoms with Crippen molar-refractivity contribution in [2.24, 2.45) is 16.5 Å². The summed E-state index contributed by atoms with van der Waals surface area (Å²) in [6, 6.07) is 10.1. The Hall–Kier alpha value is -3.13. The van der Waals surface area contributed by atoms with Crippen molar-refractivity contribution in [2.75, 3.05) is 13.1 Å². The molecular weight excluding hydrogens is 342 g/mol. The van der Waals surface area contributed by atoms with Crippen molar-refractivity contribution >= 4 is 17.0 Å². The Labute approximate surface area is 157 Å². The Balaban J connectivity index is 1.69. The summed E-state index contributed by atoms with van der Waals surface area (Å²) in [6.45, 7) is 5.46. The zero-order valence-corrected chi connectivity index (χ0v) is 15.6. The maximum atomic E-state index is 12.3. The predicted molar refractivity (Wildman–Crippen MR) is 108 cm³/mol. The maximum absolute atomic E-state index is 12.3. The number of aromatic amines is 1. The lowest BCUT2D eigenvalue weighted by atomic mass is 10.1. The van der Waals surface area contributed by atoms with Gasteiger partial charge in [-0.3, -0.25) is 9.56 Å². The van der Waals surface area contributed by atoms with Crippen LogP contribution < -0.4 is 22.5 Å². The third kappa shape index (κ3) is 4.53. The number of guanidine groups is 1. The van der Waals surface area contributed by atoms with E-state index in [1.54, 1.807) is 4.57 Å². The molecule has 0 fully saturated rings. The number of aryl methyl sites for hydroxylation is 1. The standard InChI is InChI=1S/C19H25N7O/c1-12-10-15-11-26(19(27)25-17(15)24-12)16-6-4-14(5-7-16)13(2)22-8-3-9-23-18(20)21/h4-7,10-11,13,22H,3,8-9H2,1-2H3,(H4,20,21,23)(H,24,25,27). The van der Waals surface area contributed by atoms with E-state index in [0.717, 1.165) is 35.3 Å². The first kappa shape index (κ1) is 18.7. The molecular formula is C19H25N7O. The molecule has 8 nitrogen and oxygen atoms in total. The number of nitrogens with one attached hydrogen (secondary N) is 2. The lowest BCUT2D eigenvalue weighted by Crippen LogP contribution is -2.24. The Bertz CT molecular complexity index is 997. The van der Waals surface area contributed by atoms with Gasteiger partial charge in [0.05, 0.1) is 5.69 Å². The molecule has 0 aliphatic carbocycles. The maximum Gasteiger partial charge on any atom is 0.354 e.